The summed E-state index contributed by atoms with van der Waals surface area (Å²) in [5.41, 5.74) is 2.52. The van der Waals surface area contributed by atoms with Crippen LogP contribution >= 0.6 is 0 Å². The summed E-state index contributed by atoms with van der Waals surface area (Å²) in [5.74, 6) is 3.13. The Labute approximate surface area is 180 Å². The van der Waals surface area contributed by atoms with Crippen molar-refractivity contribution in [2.24, 2.45) is 0 Å². The number of aryl methyl sites for hydroxylation is 1. The second-order valence-corrected chi connectivity index (χ2v) is 7.91. The minimum Gasteiger partial charge on any atom is -0.454 e. The highest BCUT2D eigenvalue weighted by atomic mass is 16.7. The van der Waals surface area contributed by atoms with Crippen LogP contribution in [-0.2, 0) is 17.8 Å². The number of ether oxygens (including phenoxy) is 2. The number of rotatable bonds is 5. The molecule has 8 heteroatoms. The molecule has 0 radical (unpaired) electrons. The minimum atomic E-state index is -0.434. The van der Waals surface area contributed by atoms with Gasteiger partial charge in [0.05, 0.1) is 0 Å². The van der Waals surface area contributed by atoms with Crippen LogP contribution in [0.1, 0.15) is 32.0 Å². The Morgan fingerprint density at radius 3 is 2.87 bits per heavy atom. The van der Waals surface area contributed by atoms with Crippen molar-refractivity contribution in [3.05, 3.63) is 48.3 Å². The lowest BCUT2D eigenvalue weighted by molar-refractivity contribution is -0.116. The Hall–Kier alpha value is -3.55. The molecule has 0 fully saturated rings. The predicted molar refractivity (Wildman–Crippen MR) is 117 cm³/mol. The molecule has 0 aliphatic carbocycles. The van der Waals surface area contributed by atoms with Crippen molar-refractivity contribution in [2.75, 3.05) is 17.4 Å². The largest absolute Gasteiger partial charge is 0.454 e. The molecule has 1 atom stereocenters. The first-order valence-electron chi connectivity index (χ1n) is 10.7. The van der Waals surface area contributed by atoms with Crippen molar-refractivity contribution in [1.29, 1.82) is 0 Å². The molecule has 0 unspecified atom stereocenters. The second kappa shape index (κ2) is 8.29. The first-order valence-corrected chi connectivity index (χ1v) is 10.7. The maximum absolute atomic E-state index is 12.7. The van der Waals surface area contributed by atoms with Gasteiger partial charge in [0.2, 0.25) is 12.7 Å². The van der Waals surface area contributed by atoms with Crippen LogP contribution in [0.2, 0.25) is 0 Å². The molecule has 0 saturated carbocycles. The standard InChI is InChI=1S/C23H25N5O3/c1-15(23(29)25-18-9-10-19-20(13-18)31-14-30-19)24-17-7-5-6-16(12-17)22-27-26-21-8-3-2-4-11-28(21)22/h5-7,9-10,12-13,15,24H,2-4,8,11,14H2,1H3,(H,25,29)/t15-/m0/s1. The molecular weight excluding hydrogens is 394 g/mol. The first-order chi connectivity index (χ1) is 15.2. The summed E-state index contributed by atoms with van der Waals surface area (Å²) in [6.45, 7) is 2.98. The summed E-state index contributed by atoms with van der Waals surface area (Å²) in [5, 5.41) is 15.0. The fourth-order valence-corrected chi connectivity index (χ4v) is 3.99. The van der Waals surface area contributed by atoms with E-state index in [1.807, 2.05) is 31.2 Å². The van der Waals surface area contributed by atoms with E-state index in [1.54, 1.807) is 18.2 Å². The lowest BCUT2D eigenvalue weighted by Gasteiger charge is -2.16. The molecule has 0 spiro atoms. The molecular formula is C23H25N5O3. The van der Waals surface area contributed by atoms with E-state index in [4.69, 9.17) is 9.47 Å². The van der Waals surface area contributed by atoms with Crippen molar-refractivity contribution < 1.29 is 14.3 Å². The predicted octanol–water partition coefficient (Wildman–Crippen LogP) is 3.84. The number of hydrogen-bond donors (Lipinski definition) is 2. The molecule has 2 N–H and O–H groups in total. The van der Waals surface area contributed by atoms with Crippen molar-refractivity contribution >= 4 is 17.3 Å². The molecule has 1 aromatic heterocycles. The van der Waals surface area contributed by atoms with E-state index >= 15 is 0 Å². The van der Waals surface area contributed by atoms with Gasteiger partial charge in [-0.15, -0.1) is 10.2 Å². The third kappa shape index (κ3) is 4.05. The molecule has 160 valence electrons. The lowest BCUT2D eigenvalue weighted by atomic mass is 10.1. The number of nitrogens with zero attached hydrogens (tertiary/aromatic N) is 3. The minimum absolute atomic E-state index is 0.138. The van der Waals surface area contributed by atoms with Gasteiger partial charge in [-0.25, -0.2) is 0 Å². The molecule has 0 saturated heterocycles. The van der Waals surface area contributed by atoms with Crippen molar-refractivity contribution in [1.82, 2.24) is 14.8 Å². The van der Waals surface area contributed by atoms with Gasteiger partial charge in [0.25, 0.3) is 0 Å². The van der Waals surface area contributed by atoms with Crippen LogP contribution in [0.3, 0.4) is 0 Å². The van der Waals surface area contributed by atoms with Gasteiger partial charge in [0, 0.05) is 36.0 Å². The molecule has 31 heavy (non-hydrogen) atoms. The van der Waals surface area contributed by atoms with Gasteiger partial charge in [0.15, 0.2) is 17.3 Å². The summed E-state index contributed by atoms with van der Waals surface area (Å²) in [7, 11) is 0. The molecule has 8 nitrogen and oxygen atoms in total. The SMILES string of the molecule is C[C@H](Nc1cccc(-c2nnc3n2CCCCC3)c1)C(=O)Nc1ccc2c(c1)OCO2. The summed E-state index contributed by atoms with van der Waals surface area (Å²) in [6.07, 6.45) is 4.51. The zero-order valence-corrected chi connectivity index (χ0v) is 17.4. The number of amides is 1. The Morgan fingerprint density at radius 2 is 1.94 bits per heavy atom. The number of fused-ring (bicyclic) bond motifs is 2. The third-order valence-corrected chi connectivity index (χ3v) is 5.65. The topological polar surface area (TPSA) is 90.3 Å². The highest BCUT2D eigenvalue weighted by Gasteiger charge is 2.19. The maximum atomic E-state index is 12.7. The van der Waals surface area contributed by atoms with Crippen LogP contribution in [0, 0.1) is 0 Å². The number of carbonyl (C=O) groups is 1. The third-order valence-electron chi connectivity index (χ3n) is 5.65. The van der Waals surface area contributed by atoms with E-state index in [0.29, 0.717) is 17.2 Å². The molecule has 5 rings (SSSR count). The zero-order chi connectivity index (χ0) is 21.2. The fourth-order valence-electron chi connectivity index (χ4n) is 3.99. The molecule has 3 heterocycles. The molecule has 1 amide bonds. The van der Waals surface area contributed by atoms with Crippen LogP contribution in [0.25, 0.3) is 11.4 Å². The Kier molecular flexibility index (Phi) is 5.19. The van der Waals surface area contributed by atoms with Gasteiger partial charge < -0.3 is 24.7 Å². The van der Waals surface area contributed by atoms with Crippen LogP contribution in [-0.4, -0.2) is 33.5 Å². The van der Waals surface area contributed by atoms with Crippen molar-refractivity contribution in [3.8, 4) is 22.9 Å². The summed E-state index contributed by atoms with van der Waals surface area (Å²) < 4.78 is 12.9. The van der Waals surface area contributed by atoms with Gasteiger partial charge in [-0.05, 0) is 44.0 Å². The van der Waals surface area contributed by atoms with Gasteiger partial charge in [0.1, 0.15) is 11.9 Å². The maximum Gasteiger partial charge on any atom is 0.246 e. The van der Waals surface area contributed by atoms with E-state index in [2.05, 4.69) is 25.4 Å². The van der Waals surface area contributed by atoms with Crippen LogP contribution in [0.5, 0.6) is 11.5 Å². The smallest absolute Gasteiger partial charge is 0.246 e. The monoisotopic (exact) mass is 419 g/mol. The van der Waals surface area contributed by atoms with E-state index in [1.165, 1.54) is 6.42 Å². The van der Waals surface area contributed by atoms with E-state index in [0.717, 1.165) is 48.7 Å². The average molecular weight is 419 g/mol. The van der Waals surface area contributed by atoms with Crippen molar-refractivity contribution in [3.63, 3.8) is 0 Å². The average Bonchev–Trinajstić information content (AvgIpc) is 3.34. The Bertz CT molecular complexity index is 1110. The van der Waals surface area contributed by atoms with Crippen LogP contribution < -0.4 is 20.1 Å². The molecule has 2 aliphatic rings. The molecule has 0 bridgehead atoms. The quantitative estimate of drug-likeness (QED) is 0.653. The first kappa shape index (κ1) is 19.4. The lowest BCUT2D eigenvalue weighted by Crippen LogP contribution is -2.31. The van der Waals surface area contributed by atoms with Crippen LogP contribution in [0.4, 0.5) is 11.4 Å². The highest BCUT2D eigenvalue weighted by molar-refractivity contribution is 5.96. The van der Waals surface area contributed by atoms with Crippen molar-refractivity contribution in [2.45, 2.75) is 45.2 Å². The number of carbonyl (C=O) groups excluding carboxylic acids is 1. The van der Waals surface area contributed by atoms with Gasteiger partial charge in [-0.2, -0.15) is 0 Å². The second-order valence-electron chi connectivity index (χ2n) is 7.91. The van der Waals surface area contributed by atoms with E-state index in [9.17, 15) is 4.79 Å². The van der Waals surface area contributed by atoms with Crippen LogP contribution in [0.15, 0.2) is 42.5 Å². The Morgan fingerprint density at radius 1 is 1.03 bits per heavy atom. The summed E-state index contributed by atoms with van der Waals surface area (Å²) >= 11 is 0. The van der Waals surface area contributed by atoms with Gasteiger partial charge in [-0.1, -0.05) is 18.6 Å². The van der Waals surface area contributed by atoms with Gasteiger partial charge >= 0.3 is 0 Å². The van der Waals surface area contributed by atoms with E-state index < -0.39 is 6.04 Å². The molecule has 3 aromatic rings. The Balaban J connectivity index is 1.28. The summed E-state index contributed by atoms with van der Waals surface area (Å²) in [6, 6.07) is 12.9. The number of benzene rings is 2. The number of hydrogen-bond acceptors (Lipinski definition) is 6. The number of anilines is 2. The number of aromatic nitrogens is 3. The fraction of sp³-hybridized carbons (Fsp3) is 0.348. The molecule has 2 aromatic carbocycles. The normalized spacial score (nSPS) is 15.6. The van der Waals surface area contributed by atoms with E-state index in [-0.39, 0.29) is 12.7 Å². The van der Waals surface area contributed by atoms with Gasteiger partial charge in [-0.3, -0.25) is 4.79 Å². The highest BCUT2D eigenvalue weighted by Crippen LogP contribution is 2.34. The summed E-state index contributed by atoms with van der Waals surface area (Å²) in [4.78, 5) is 12.7. The molecule has 2 aliphatic heterocycles. The number of nitrogens with one attached hydrogen (secondary N) is 2. The zero-order valence-electron chi connectivity index (χ0n) is 17.4.